The van der Waals surface area contributed by atoms with Crippen molar-refractivity contribution in [2.75, 3.05) is 39.3 Å². The molecule has 2 aromatic rings. The van der Waals surface area contributed by atoms with Gasteiger partial charge in [0, 0.05) is 32.7 Å². The predicted octanol–water partition coefficient (Wildman–Crippen LogP) is 2.63. The number of hydrogen-bond acceptors (Lipinski definition) is 6. The summed E-state index contributed by atoms with van der Waals surface area (Å²) < 4.78 is 59.9. The molecule has 1 N–H and O–H groups in total. The fraction of sp³-hybridized carbons (Fsp3) is 0.500. The van der Waals surface area contributed by atoms with Crippen molar-refractivity contribution in [1.29, 1.82) is 0 Å². The standard InChI is InChI=1S/C26H35N3O6S2/c1-2-35-23-9-13-25(14-10-23)37(33,34)29-19-5-6-22(20-29)26(30)27-16-15-21-7-11-24(12-8-21)36(31,32)28-17-3-4-18-28/h7-14,22H,2-6,15-20H2,1H3,(H,27,30). The molecule has 1 amide bonds. The fourth-order valence-corrected chi connectivity index (χ4v) is 7.82. The van der Waals surface area contributed by atoms with E-state index in [2.05, 4.69) is 5.32 Å². The Morgan fingerprint density at radius 2 is 1.43 bits per heavy atom. The SMILES string of the molecule is CCOc1ccc(S(=O)(=O)N2CCCC(C(=O)NCCc3ccc(S(=O)(=O)N4CCCC4)cc3)C2)cc1. The molecule has 2 aliphatic rings. The van der Waals surface area contributed by atoms with Crippen molar-refractivity contribution >= 4 is 26.0 Å². The summed E-state index contributed by atoms with van der Waals surface area (Å²) in [6, 6.07) is 13.1. The Bertz CT molecular complexity index is 1270. The molecule has 4 rings (SSSR count). The van der Waals surface area contributed by atoms with Crippen LogP contribution in [-0.2, 0) is 31.3 Å². The molecular formula is C26H35N3O6S2. The third-order valence-corrected chi connectivity index (χ3v) is 10.7. The molecule has 9 nitrogen and oxygen atoms in total. The third kappa shape index (κ3) is 6.51. The van der Waals surface area contributed by atoms with E-state index in [1.807, 2.05) is 6.92 Å². The van der Waals surface area contributed by atoms with Crippen LogP contribution in [0.1, 0.15) is 38.2 Å². The lowest BCUT2D eigenvalue weighted by Crippen LogP contribution is -2.45. The lowest BCUT2D eigenvalue weighted by atomic mass is 9.99. The summed E-state index contributed by atoms with van der Waals surface area (Å²) in [5, 5.41) is 2.92. The summed E-state index contributed by atoms with van der Waals surface area (Å²) in [6.45, 7) is 4.41. The van der Waals surface area contributed by atoms with Crippen LogP contribution < -0.4 is 10.1 Å². The van der Waals surface area contributed by atoms with Gasteiger partial charge in [0.2, 0.25) is 26.0 Å². The smallest absolute Gasteiger partial charge is 0.243 e. The van der Waals surface area contributed by atoms with Gasteiger partial charge in [-0.3, -0.25) is 4.79 Å². The molecule has 2 fully saturated rings. The van der Waals surface area contributed by atoms with Gasteiger partial charge in [-0.25, -0.2) is 16.8 Å². The van der Waals surface area contributed by atoms with Crippen molar-refractivity contribution < 1.29 is 26.4 Å². The first kappa shape index (κ1) is 27.6. The lowest BCUT2D eigenvalue weighted by molar-refractivity contribution is -0.126. The monoisotopic (exact) mass is 549 g/mol. The van der Waals surface area contributed by atoms with Crippen molar-refractivity contribution in [2.45, 2.75) is 48.8 Å². The Morgan fingerprint density at radius 1 is 0.865 bits per heavy atom. The minimum atomic E-state index is -3.70. The second-order valence-corrected chi connectivity index (χ2v) is 13.3. The molecule has 11 heteroatoms. The molecule has 37 heavy (non-hydrogen) atoms. The highest BCUT2D eigenvalue weighted by atomic mass is 32.2. The molecule has 0 aromatic heterocycles. The maximum Gasteiger partial charge on any atom is 0.243 e. The van der Waals surface area contributed by atoms with Crippen LogP contribution in [0.3, 0.4) is 0 Å². The highest BCUT2D eigenvalue weighted by Crippen LogP contribution is 2.25. The molecule has 0 saturated carbocycles. The molecule has 202 valence electrons. The van der Waals surface area contributed by atoms with Gasteiger partial charge in [-0.1, -0.05) is 12.1 Å². The van der Waals surface area contributed by atoms with Crippen LogP contribution in [0.2, 0.25) is 0 Å². The number of benzene rings is 2. The molecule has 0 radical (unpaired) electrons. The van der Waals surface area contributed by atoms with Crippen molar-refractivity contribution in [1.82, 2.24) is 13.9 Å². The first-order valence-corrected chi connectivity index (χ1v) is 15.7. The average Bonchev–Trinajstić information content (AvgIpc) is 3.46. The first-order valence-electron chi connectivity index (χ1n) is 12.8. The zero-order valence-corrected chi connectivity index (χ0v) is 22.8. The number of nitrogens with one attached hydrogen (secondary N) is 1. The van der Waals surface area contributed by atoms with E-state index in [4.69, 9.17) is 4.74 Å². The molecule has 2 aliphatic heterocycles. The number of amides is 1. The van der Waals surface area contributed by atoms with Crippen molar-refractivity contribution in [3.8, 4) is 5.75 Å². The molecule has 1 atom stereocenters. The highest BCUT2D eigenvalue weighted by Gasteiger charge is 2.33. The van der Waals surface area contributed by atoms with Gasteiger partial charge in [0.15, 0.2) is 0 Å². The van der Waals surface area contributed by atoms with E-state index in [1.165, 1.54) is 20.7 Å². The number of carbonyl (C=O) groups is 1. The van der Waals surface area contributed by atoms with Crippen LogP contribution in [0.25, 0.3) is 0 Å². The van der Waals surface area contributed by atoms with Gasteiger partial charge in [-0.05, 0) is 81.0 Å². The summed E-state index contributed by atoms with van der Waals surface area (Å²) >= 11 is 0. The van der Waals surface area contributed by atoms with Gasteiger partial charge in [0.1, 0.15) is 5.75 Å². The highest BCUT2D eigenvalue weighted by molar-refractivity contribution is 7.89. The molecule has 1 unspecified atom stereocenters. The number of hydrogen-bond donors (Lipinski definition) is 1. The third-order valence-electron chi connectivity index (χ3n) is 6.87. The number of ether oxygens (including phenoxy) is 1. The summed E-state index contributed by atoms with van der Waals surface area (Å²) in [7, 11) is -7.14. The maximum absolute atomic E-state index is 13.1. The van der Waals surface area contributed by atoms with Crippen LogP contribution in [0.15, 0.2) is 58.3 Å². The molecule has 0 spiro atoms. The molecule has 2 aromatic carbocycles. The Kier molecular flexibility index (Phi) is 8.89. The van der Waals surface area contributed by atoms with Crippen LogP contribution in [0.4, 0.5) is 0 Å². The second kappa shape index (κ2) is 11.9. The van der Waals surface area contributed by atoms with E-state index in [9.17, 15) is 21.6 Å². The van der Waals surface area contributed by atoms with Crippen LogP contribution in [0, 0.1) is 5.92 Å². The van der Waals surface area contributed by atoms with Gasteiger partial charge in [-0.15, -0.1) is 0 Å². The average molecular weight is 550 g/mol. The quantitative estimate of drug-likeness (QED) is 0.488. The maximum atomic E-state index is 13.1. The number of sulfonamides is 2. The molecular weight excluding hydrogens is 514 g/mol. The van der Waals surface area contributed by atoms with Crippen LogP contribution >= 0.6 is 0 Å². The van der Waals surface area contributed by atoms with Gasteiger partial charge >= 0.3 is 0 Å². The molecule has 2 heterocycles. The van der Waals surface area contributed by atoms with Crippen molar-refractivity contribution in [3.63, 3.8) is 0 Å². The minimum absolute atomic E-state index is 0.143. The van der Waals surface area contributed by atoms with Gasteiger partial charge in [0.05, 0.1) is 22.3 Å². The Morgan fingerprint density at radius 3 is 2.05 bits per heavy atom. The first-order chi connectivity index (χ1) is 17.7. The van der Waals surface area contributed by atoms with Gasteiger partial charge in [-0.2, -0.15) is 8.61 Å². The van der Waals surface area contributed by atoms with Crippen molar-refractivity contribution in [2.24, 2.45) is 5.92 Å². The number of carbonyl (C=O) groups excluding carboxylic acids is 1. The number of nitrogens with zero attached hydrogens (tertiary/aromatic N) is 2. The predicted molar refractivity (Wildman–Crippen MR) is 140 cm³/mol. The Balaban J connectivity index is 1.29. The van der Waals surface area contributed by atoms with E-state index in [0.717, 1.165) is 18.4 Å². The summed E-state index contributed by atoms with van der Waals surface area (Å²) in [4.78, 5) is 13.3. The number of piperidine rings is 1. The molecule has 0 aliphatic carbocycles. The van der Waals surface area contributed by atoms with E-state index < -0.39 is 26.0 Å². The largest absolute Gasteiger partial charge is 0.494 e. The number of rotatable bonds is 10. The van der Waals surface area contributed by atoms with Crippen molar-refractivity contribution in [3.05, 3.63) is 54.1 Å². The normalized spacial score (nSPS) is 19.5. The van der Waals surface area contributed by atoms with Gasteiger partial charge in [0.25, 0.3) is 0 Å². The summed E-state index contributed by atoms with van der Waals surface area (Å²) in [5.74, 6) is 0.0271. The van der Waals surface area contributed by atoms with Crippen LogP contribution in [0.5, 0.6) is 5.75 Å². The Labute approximate surface area is 219 Å². The second-order valence-electron chi connectivity index (χ2n) is 9.40. The van der Waals surface area contributed by atoms with E-state index in [0.29, 0.717) is 62.7 Å². The topological polar surface area (TPSA) is 113 Å². The molecule has 2 saturated heterocycles. The van der Waals surface area contributed by atoms with E-state index >= 15 is 0 Å². The van der Waals surface area contributed by atoms with Gasteiger partial charge < -0.3 is 10.1 Å². The lowest BCUT2D eigenvalue weighted by Gasteiger charge is -2.31. The van der Waals surface area contributed by atoms with E-state index in [-0.39, 0.29) is 17.3 Å². The zero-order chi connectivity index (χ0) is 26.5. The summed E-state index contributed by atoms with van der Waals surface area (Å²) in [5.41, 5.74) is 0.920. The van der Waals surface area contributed by atoms with E-state index in [1.54, 1.807) is 36.4 Å². The Hall–Kier alpha value is -2.47. The fourth-order valence-electron chi connectivity index (χ4n) is 4.78. The van der Waals surface area contributed by atoms with Crippen LogP contribution in [-0.4, -0.2) is 70.7 Å². The summed E-state index contributed by atoms with van der Waals surface area (Å²) in [6.07, 6.45) is 3.58. The minimum Gasteiger partial charge on any atom is -0.494 e. The zero-order valence-electron chi connectivity index (χ0n) is 21.1. The molecule has 0 bridgehead atoms.